The third kappa shape index (κ3) is 3.78. The molecule has 0 aromatic carbocycles. The summed E-state index contributed by atoms with van der Waals surface area (Å²) in [5.74, 6) is 2.02. The summed E-state index contributed by atoms with van der Waals surface area (Å²) in [5.41, 5.74) is 6.19. The van der Waals surface area contributed by atoms with Gasteiger partial charge in [0.15, 0.2) is 5.82 Å². The maximum Gasteiger partial charge on any atom is 0.228 e. The highest BCUT2D eigenvalue weighted by atomic mass is 16.5. The van der Waals surface area contributed by atoms with Gasteiger partial charge in [0.25, 0.3) is 0 Å². The first-order chi connectivity index (χ1) is 8.79. The fraction of sp³-hybridized carbons (Fsp3) is 0.846. The first-order valence-corrected chi connectivity index (χ1v) is 6.94. The molecule has 1 unspecified atom stereocenters. The summed E-state index contributed by atoms with van der Waals surface area (Å²) in [4.78, 5) is 4.36. The standard InChI is InChI=1S/C13H23N3O2/c1-2-17-8-7-12-15-13(18-16-12)9-11(14)10-5-3-4-6-10/h10-11H,2-9,14H2,1H3. The van der Waals surface area contributed by atoms with Crippen LogP contribution in [0.15, 0.2) is 4.52 Å². The Bertz CT molecular complexity index is 348. The van der Waals surface area contributed by atoms with Gasteiger partial charge in [-0.3, -0.25) is 0 Å². The number of rotatable bonds is 7. The van der Waals surface area contributed by atoms with E-state index in [1.165, 1.54) is 25.7 Å². The molecule has 1 aromatic rings. The molecule has 1 fully saturated rings. The Morgan fingerprint density at radius 3 is 2.94 bits per heavy atom. The molecule has 2 N–H and O–H groups in total. The first kappa shape index (κ1) is 13.5. The Balaban J connectivity index is 1.78. The Morgan fingerprint density at radius 1 is 1.44 bits per heavy atom. The molecule has 0 radical (unpaired) electrons. The number of hydrogen-bond donors (Lipinski definition) is 1. The molecular formula is C13H23N3O2. The highest BCUT2D eigenvalue weighted by Gasteiger charge is 2.23. The molecule has 1 atom stereocenters. The summed E-state index contributed by atoms with van der Waals surface area (Å²) >= 11 is 0. The molecule has 1 aliphatic rings. The Morgan fingerprint density at radius 2 is 2.22 bits per heavy atom. The monoisotopic (exact) mass is 253 g/mol. The molecule has 102 valence electrons. The highest BCUT2D eigenvalue weighted by Crippen LogP contribution is 2.27. The van der Waals surface area contributed by atoms with E-state index < -0.39 is 0 Å². The van der Waals surface area contributed by atoms with E-state index in [-0.39, 0.29) is 6.04 Å². The summed E-state index contributed by atoms with van der Waals surface area (Å²) in [6.07, 6.45) is 6.50. The molecule has 5 nitrogen and oxygen atoms in total. The Hall–Kier alpha value is -0.940. The zero-order valence-corrected chi connectivity index (χ0v) is 11.1. The quantitative estimate of drug-likeness (QED) is 0.749. The van der Waals surface area contributed by atoms with E-state index in [0.717, 1.165) is 12.4 Å². The molecule has 0 amide bonds. The van der Waals surface area contributed by atoms with Crippen molar-refractivity contribution in [3.63, 3.8) is 0 Å². The van der Waals surface area contributed by atoms with Gasteiger partial charge in [-0.15, -0.1) is 0 Å². The van der Waals surface area contributed by atoms with Crippen LogP contribution >= 0.6 is 0 Å². The summed E-state index contributed by atoms with van der Waals surface area (Å²) < 4.78 is 10.5. The van der Waals surface area contributed by atoms with Gasteiger partial charge in [-0.25, -0.2) is 0 Å². The minimum Gasteiger partial charge on any atom is -0.381 e. The van der Waals surface area contributed by atoms with Gasteiger partial charge in [-0.1, -0.05) is 18.0 Å². The maximum atomic E-state index is 6.19. The molecule has 1 aliphatic carbocycles. The van der Waals surface area contributed by atoms with Crippen LogP contribution in [-0.4, -0.2) is 29.4 Å². The third-order valence-corrected chi connectivity index (χ3v) is 3.60. The van der Waals surface area contributed by atoms with E-state index in [1.807, 2.05) is 6.92 Å². The van der Waals surface area contributed by atoms with Crippen LogP contribution in [0.4, 0.5) is 0 Å². The molecule has 0 saturated heterocycles. The van der Waals surface area contributed by atoms with Crippen LogP contribution in [0, 0.1) is 5.92 Å². The number of nitrogens with two attached hydrogens (primary N) is 1. The average molecular weight is 253 g/mol. The van der Waals surface area contributed by atoms with E-state index in [0.29, 0.717) is 31.3 Å². The van der Waals surface area contributed by atoms with Crippen LogP contribution < -0.4 is 5.73 Å². The summed E-state index contributed by atoms with van der Waals surface area (Å²) in [6.45, 7) is 3.34. The van der Waals surface area contributed by atoms with Crippen LogP contribution in [0.25, 0.3) is 0 Å². The van der Waals surface area contributed by atoms with E-state index in [2.05, 4.69) is 10.1 Å². The lowest BCUT2D eigenvalue weighted by atomic mass is 9.96. The molecule has 18 heavy (non-hydrogen) atoms. The van der Waals surface area contributed by atoms with Crippen LogP contribution in [0.2, 0.25) is 0 Å². The lowest BCUT2D eigenvalue weighted by molar-refractivity contribution is 0.149. The van der Waals surface area contributed by atoms with Crippen molar-refractivity contribution in [3.8, 4) is 0 Å². The van der Waals surface area contributed by atoms with Gasteiger partial charge in [0.2, 0.25) is 5.89 Å². The summed E-state index contributed by atoms with van der Waals surface area (Å²) in [7, 11) is 0. The van der Waals surface area contributed by atoms with E-state index in [4.69, 9.17) is 15.0 Å². The predicted molar refractivity (Wildman–Crippen MR) is 68.1 cm³/mol. The lowest BCUT2D eigenvalue weighted by Gasteiger charge is -2.16. The average Bonchev–Trinajstić information content (AvgIpc) is 3.00. The molecule has 0 bridgehead atoms. The molecule has 0 spiro atoms. The SMILES string of the molecule is CCOCCc1noc(CC(N)C2CCCC2)n1. The molecule has 1 saturated carbocycles. The molecule has 0 aliphatic heterocycles. The van der Waals surface area contributed by atoms with E-state index in [9.17, 15) is 0 Å². The van der Waals surface area contributed by atoms with Gasteiger partial charge < -0.3 is 15.0 Å². The van der Waals surface area contributed by atoms with Crippen molar-refractivity contribution >= 4 is 0 Å². The topological polar surface area (TPSA) is 74.2 Å². The van der Waals surface area contributed by atoms with E-state index in [1.54, 1.807) is 0 Å². The summed E-state index contributed by atoms with van der Waals surface area (Å²) in [6, 6.07) is 0.160. The number of nitrogens with zero attached hydrogens (tertiary/aromatic N) is 2. The smallest absolute Gasteiger partial charge is 0.228 e. The molecule has 5 heteroatoms. The second-order valence-electron chi connectivity index (χ2n) is 4.96. The fourth-order valence-corrected chi connectivity index (χ4v) is 2.54. The van der Waals surface area contributed by atoms with Crippen molar-refractivity contribution in [1.29, 1.82) is 0 Å². The second-order valence-corrected chi connectivity index (χ2v) is 4.96. The van der Waals surface area contributed by atoms with Gasteiger partial charge >= 0.3 is 0 Å². The second kappa shape index (κ2) is 6.85. The largest absolute Gasteiger partial charge is 0.381 e. The Kier molecular flexibility index (Phi) is 5.13. The van der Waals surface area contributed by atoms with Crippen molar-refractivity contribution in [2.45, 2.75) is 51.5 Å². The maximum absolute atomic E-state index is 6.19. The minimum absolute atomic E-state index is 0.160. The predicted octanol–water partition coefficient (Wildman–Crippen LogP) is 1.71. The van der Waals surface area contributed by atoms with Crippen LogP contribution in [0.1, 0.15) is 44.3 Å². The molecular weight excluding hydrogens is 230 g/mol. The van der Waals surface area contributed by atoms with Crippen LogP contribution in [-0.2, 0) is 17.6 Å². The fourth-order valence-electron chi connectivity index (χ4n) is 2.54. The lowest BCUT2D eigenvalue weighted by Crippen LogP contribution is -2.30. The molecule has 1 heterocycles. The van der Waals surface area contributed by atoms with Gasteiger partial charge in [0.1, 0.15) is 0 Å². The van der Waals surface area contributed by atoms with Crippen molar-refractivity contribution in [3.05, 3.63) is 11.7 Å². The highest BCUT2D eigenvalue weighted by molar-refractivity contribution is 4.91. The molecule has 1 aromatic heterocycles. The Labute approximate surface area is 108 Å². The summed E-state index contributed by atoms with van der Waals surface area (Å²) in [5, 5.41) is 3.95. The van der Waals surface area contributed by atoms with Crippen LogP contribution in [0.5, 0.6) is 0 Å². The van der Waals surface area contributed by atoms with Crippen molar-refractivity contribution in [2.75, 3.05) is 13.2 Å². The van der Waals surface area contributed by atoms with Gasteiger partial charge in [-0.05, 0) is 25.7 Å². The third-order valence-electron chi connectivity index (χ3n) is 3.60. The number of aromatic nitrogens is 2. The van der Waals surface area contributed by atoms with Crippen LogP contribution in [0.3, 0.4) is 0 Å². The van der Waals surface area contributed by atoms with Crippen molar-refractivity contribution in [1.82, 2.24) is 10.1 Å². The van der Waals surface area contributed by atoms with Gasteiger partial charge in [0.05, 0.1) is 6.61 Å². The van der Waals surface area contributed by atoms with Gasteiger partial charge in [-0.2, -0.15) is 4.98 Å². The zero-order valence-electron chi connectivity index (χ0n) is 11.1. The zero-order chi connectivity index (χ0) is 12.8. The minimum atomic E-state index is 0.160. The number of hydrogen-bond acceptors (Lipinski definition) is 5. The van der Waals surface area contributed by atoms with Crippen molar-refractivity contribution in [2.24, 2.45) is 11.7 Å². The van der Waals surface area contributed by atoms with Gasteiger partial charge in [0, 0.05) is 25.5 Å². The molecule has 2 rings (SSSR count). The van der Waals surface area contributed by atoms with Crippen molar-refractivity contribution < 1.29 is 9.26 Å². The number of ether oxygens (including phenoxy) is 1. The first-order valence-electron chi connectivity index (χ1n) is 6.94. The normalized spacial score (nSPS) is 18.3. The van der Waals surface area contributed by atoms with E-state index >= 15 is 0 Å².